The van der Waals surface area contributed by atoms with Gasteiger partial charge in [-0.05, 0) is 23.8 Å². The zero-order valence-corrected chi connectivity index (χ0v) is 14.8. The minimum absolute atomic E-state index is 0.0108. The molecule has 0 atom stereocenters. The Bertz CT molecular complexity index is 1150. The van der Waals surface area contributed by atoms with Crippen LogP contribution in [-0.4, -0.2) is 18.9 Å². The number of nitrogens with zero attached hydrogens (tertiary/aromatic N) is 1. The third kappa shape index (κ3) is 3.51. The predicted octanol–water partition coefficient (Wildman–Crippen LogP) is 1.12. The molecule has 8 heteroatoms. The lowest BCUT2D eigenvalue weighted by molar-refractivity contribution is 0.0952. The lowest BCUT2D eigenvalue weighted by Gasteiger charge is -2.10. The van der Waals surface area contributed by atoms with Crippen molar-refractivity contribution in [1.29, 1.82) is 0 Å². The molecule has 1 amide bonds. The molecule has 0 unspecified atom stereocenters. The van der Waals surface area contributed by atoms with E-state index >= 15 is 0 Å². The topological polar surface area (TPSA) is 111 Å². The van der Waals surface area contributed by atoms with Crippen LogP contribution in [0.25, 0.3) is 10.8 Å². The monoisotopic (exact) mass is 371 g/mol. The molecule has 0 bridgehead atoms. The van der Waals surface area contributed by atoms with Gasteiger partial charge in [-0.3, -0.25) is 9.59 Å². The molecule has 3 rings (SSSR count). The minimum atomic E-state index is -3.75. The maximum absolute atomic E-state index is 12.6. The maximum Gasteiger partial charge on any atom is 0.258 e. The molecule has 134 valence electrons. The van der Waals surface area contributed by atoms with Crippen molar-refractivity contribution in [2.75, 3.05) is 0 Å². The first kappa shape index (κ1) is 17.8. The molecule has 3 aromatic rings. The normalized spacial score (nSPS) is 11.5. The Balaban J connectivity index is 1.84. The second-order valence-corrected chi connectivity index (χ2v) is 7.44. The zero-order chi connectivity index (χ0) is 18.9. The lowest BCUT2D eigenvalue weighted by Crippen LogP contribution is -2.26. The summed E-state index contributed by atoms with van der Waals surface area (Å²) in [6, 6.07) is 12.9. The smallest absolute Gasteiger partial charge is 0.258 e. The quantitative estimate of drug-likeness (QED) is 0.716. The first-order chi connectivity index (χ1) is 12.3. The highest BCUT2D eigenvalue weighted by Gasteiger charge is 2.13. The fourth-order valence-corrected chi connectivity index (χ4v) is 3.19. The number of primary sulfonamides is 1. The third-order valence-corrected chi connectivity index (χ3v) is 4.97. The van der Waals surface area contributed by atoms with Crippen molar-refractivity contribution < 1.29 is 13.2 Å². The number of aryl methyl sites for hydroxylation is 1. The summed E-state index contributed by atoms with van der Waals surface area (Å²) in [5, 5.41) is 8.89. The van der Waals surface area contributed by atoms with E-state index in [0.29, 0.717) is 16.3 Å². The average Bonchev–Trinajstić information content (AvgIpc) is 2.62. The number of hydrogen-bond donors (Lipinski definition) is 2. The number of sulfonamides is 1. The van der Waals surface area contributed by atoms with Gasteiger partial charge in [0.05, 0.1) is 10.5 Å². The molecule has 0 fully saturated rings. The van der Waals surface area contributed by atoms with Crippen molar-refractivity contribution in [1.82, 2.24) is 9.88 Å². The van der Waals surface area contributed by atoms with E-state index in [1.54, 1.807) is 43.4 Å². The van der Waals surface area contributed by atoms with Crippen LogP contribution in [0.3, 0.4) is 0 Å². The number of carbonyl (C=O) groups excluding carboxylic acids is 1. The van der Waals surface area contributed by atoms with Crippen LogP contribution < -0.4 is 16.0 Å². The second-order valence-electron chi connectivity index (χ2n) is 5.88. The van der Waals surface area contributed by atoms with E-state index in [2.05, 4.69) is 5.32 Å². The van der Waals surface area contributed by atoms with Crippen molar-refractivity contribution >= 4 is 26.7 Å². The number of hydrogen-bond acceptors (Lipinski definition) is 4. The summed E-state index contributed by atoms with van der Waals surface area (Å²) in [4.78, 5) is 24.8. The number of fused-ring (bicyclic) bond motifs is 1. The molecule has 0 aliphatic rings. The molecule has 0 aliphatic carbocycles. The SMILES string of the molecule is Cn1cc(C(=O)NCc2ccc(S(N)(=O)=O)cc2)c2ccccc2c1=O. The lowest BCUT2D eigenvalue weighted by atomic mass is 10.1. The molecule has 0 spiro atoms. The first-order valence-electron chi connectivity index (χ1n) is 7.75. The minimum Gasteiger partial charge on any atom is -0.348 e. The summed E-state index contributed by atoms with van der Waals surface area (Å²) in [6.45, 7) is 0.209. The van der Waals surface area contributed by atoms with Crippen molar-refractivity contribution in [2.24, 2.45) is 12.2 Å². The molecule has 7 nitrogen and oxygen atoms in total. The van der Waals surface area contributed by atoms with Gasteiger partial charge in [0.25, 0.3) is 11.5 Å². The van der Waals surface area contributed by atoms with Gasteiger partial charge >= 0.3 is 0 Å². The van der Waals surface area contributed by atoms with Gasteiger partial charge in [0.1, 0.15) is 0 Å². The van der Waals surface area contributed by atoms with Gasteiger partial charge in [0, 0.05) is 30.6 Å². The number of rotatable bonds is 4. The van der Waals surface area contributed by atoms with Crippen LogP contribution >= 0.6 is 0 Å². The molecular weight excluding hydrogens is 354 g/mol. The summed E-state index contributed by atoms with van der Waals surface area (Å²) < 4.78 is 23.9. The number of amides is 1. The fourth-order valence-electron chi connectivity index (χ4n) is 2.67. The molecule has 2 aromatic carbocycles. The summed E-state index contributed by atoms with van der Waals surface area (Å²) in [6.07, 6.45) is 1.50. The van der Waals surface area contributed by atoms with Gasteiger partial charge < -0.3 is 9.88 Å². The van der Waals surface area contributed by atoms with Gasteiger partial charge in [-0.2, -0.15) is 0 Å². The standard InChI is InChI=1S/C18H17N3O4S/c1-21-11-16(14-4-2-3-5-15(14)18(21)23)17(22)20-10-12-6-8-13(9-7-12)26(19,24)25/h2-9,11H,10H2,1H3,(H,20,22)(H2,19,24,25). The number of pyridine rings is 1. The van der Waals surface area contributed by atoms with Gasteiger partial charge in [0.2, 0.25) is 10.0 Å². The highest BCUT2D eigenvalue weighted by atomic mass is 32.2. The molecule has 0 saturated carbocycles. The van der Waals surface area contributed by atoms with Crippen LogP contribution in [0.2, 0.25) is 0 Å². The molecule has 0 radical (unpaired) electrons. The van der Waals surface area contributed by atoms with Crippen LogP contribution in [0, 0.1) is 0 Å². The number of nitrogens with two attached hydrogens (primary N) is 1. The zero-order valence-electron chi connectivity index (χ0n) is 14.0. The molecule has 1 heterocycles. The van der Waals surface area contributed by atoms with E-state index in [0.717, 1.165) is 5.56 Å². The molecule has 0 aliphatic heterocycles. The van der Waals surface area contributed by atoms with Crippen molar-refractivity contribution in [3.05, 3.63) is 76.2 Å². The number of nitrogens with one attached hydrogen (secondary N) is 1. The molecular formula is C18H17N3O4S. The van der Waals surface area contributed by atoms with Crippen LogP contribution in [0.4, 0.5) is 0 Å². The van der Waals surface area contributed by atoms with Crippen molar-refractivity contribution in [2.45, 2.75) is 11.4 Å². The summed E-state index contributed by atoms with van der Waals surface area (Å²) >= 11 is 0. The van der Waals surface area contributed by atoms with Crippen molar-refractivity contribution in [3.63, 3.8) is 0 Å². The van der Waals surface area contributed by atoms with E-state index in [4.69, 9.17) is 5.14 Å². The highest BCUT2D eigenvalue weighted by molar-refractivity contribution is 7.89. The van der Waals surface area contributed by atoms with Crippen LogP contribution in [-0.2, 0) is 23.6 Å². The Morgan fingerprint density at radius 1 is 1.08 bits per heavy atom. The van der Waals surface area contributed by atoms with Crippen molar-refractivity contribution in [3.8, 4) is 0 Å². The van der Waals surface area contributed by atoms with E-state index < -0.39 is 10.0 Å². The Morgan fingerprint density at radius 2 is 1.69 bits per heavy atom. The maximum atomic E-state index is 12.6. The number of aromatic nitrogens is 1. The number of benzene rings is 2. The van der Waals surface area contributed by atoms with E-state index in [1.165, 1.54) is 22.9 Å². The number of carbonyl (C=O) groups is 1. The average molecular weight is 371 g/mol. The third-order valence-electron chi connectivity index (χ3n) is 4.04. The van der Waals surface area contributed by atoms with Crippen LogP contribution in [0.15, 0.2) is 64.4 Å². The Kier molecular flexibility index (Phi) is 4.62. The molecule has 3 N–H and O–H groups in total. The van der Waals surface area contributed by atoms with Gasteiger partial charge in [-0.15, -0.1) is 0 Å². The van der Waals surface area contributed by atoms with Crippen LogP contribution in [0.5, 0.6) is 0 Å². The second kappa shape index (κ2) is 6.74. The van der Waals surface area contributed by atoms with E-state index in [1.807, 2.05) is 0 Å². The summed E-state index contributed by atoms with van der Waals surface area (Å²) in [7, 11) is -2.15. The fraction of sp³-hybridized carbons (Fsp3) is 0.111. The molecule has 1 aromatic heterocycles. The van der Waals surface area contributed by atoms with E-state index in [9.17, 15) is 18.0 Å². The Hall–Kier alpha value is -2.97. The Labute approximate surface area is 150 Å². The first-order valence-corrected chi connectivity index (χ1v) is 9.30. The van der Waals surface area contributed by atoms with Gasteiger partial charge in [-0.25, -0.2) is 13.6 Å². The predicted molar refractivity (Wildman–Crippen MR) is 98.2 cm³/mol. The highest BCUT2D eigenvalue weighted by Crippen LogP contribution is 2.15. The molecule has 26 heavy (non-hydrogen) atoms. The largest absolute Gasteiger partial charge is 0.348 e. The van der Waals surface area contributed by atoms with E-state index in [-0.39, 0.29) is 22.9 Å². The Morgan fingerprint density at radius 3 is 2.31 bits per heavy atom. The summed E-state index contributed by atoms with van der Waals surface area (Å²) in [5.41, 5.74) is 0.944. The molecule has 0 saturated heterocycles. The van der Waals surface area contributed by atoms with Crippen LogP contribution in [0.1, 0.15) is 15.9 Å². The van der Waals surface area contributed by atoms with Gasteiger partial charge in [-0.1, -0.05) is 30.3 Å². The summed E-state index contributed by atoms with van der Waals surface area (Å²) in [5.74, 6) is -0.327. The van der Waals surface area contributed by atoms with Gasteiger partial charge in [0.15, 0.2) is 0 Å².